The van der Waals surface area contributed by atoms with E-state index in [4.69, 9.17) is 4.74 Å². The molecule has 0 unspecified atom stereocenters. The number of aliphatic hydroxyl groups is 1. The van der Waals surface area contributed by atoms with Crippen LogP contribution in [0.2, 0.25) is 0 Å². The second-order valence-electron chi connectivity index (χ2n) is 4.90. The summed E-state index contributed by atoms with van der Waals surface area (Å²) >= 11 is 0. The highest BCUT2D eigenvalue weighted by atomic mass is 16.5. The van der Waals surface area contributed by atoms with Crippen molar-refractivity contribution in [1.29, 1.82) is 0 Å². The standard InChI is InChI=1S/C13H19N3O3/c1-19-12(18)10-7-14-9-15-11(10)16-13(8-17)5-3-2-4-6-13/h7,9,17H,2-6,8H2,1H3,(H,14,15,16). The van der Waals surface area contributed by atoms with Crippen LogP contribution in [0.5, 0.6) is 0 Å². The van der Waals surface area contributed by atoms with Crippen LogP contribution in [0.15, 0.2) is 12.5 Å². The van der Waals surface area contributed by atoms with E-state index in [2.05, 4.69) is 15.3 Å². The van der Waals surface area contributed by atoms with Gasteiger partial charge in [-0.15, -0.1) is 0 Å². The lowest BCUT2D eigenvalue weighted by molar-refractivity contribution is 0.0600. The third kappa shape index (κ3) is 3.01. The van der Waals surface area contributed by atoms with Gasteiger partial charge < -0.3 is 15.2 Å². The monoisotopic (exact) mass is 265 g/mol. The minimum atomic E-state index is -0.480. The van der Waals surface area contributed by atoms with Gasteiger partial charge in [0.1, 0.15) is 17.7 Å². The largest absolute Gasteiger partial charge is 0.465 e. The molecule has 0 bridgehead atoms. The van der Waals surface area contributed by atoms with Gasteiger partial charge in [0.05, 0.1) is 19.3 Å². The zero-order valence-electron chi connectivity index (χ0n) is 11.1. The Hall–Kier alpha value is -1.69. The Morgan fingerprint density at radius 3 is 2.84 bits per heavy atom. The Kier molecular flexibility index (Phi) is 4.31. The van der Waals surface area contributed by atoms with Crippen molar-refractivity contribution in [3.05, 3.63) is 18.1 Å². The Labute approximate surface area is 112 Å². The number of methoxy groups -OCH3 is 1. The molecule has 0 spiro atoms. The molecule has 0 amide bonds. The molecule has 1 fully saturated rings. The molecule has 1 aromatic rings. The van der Waals surface area contributed by atoms with Crippen molar-refractivity contribution < 1.29 is 14.6 Å². The lowest BCUT2D eigenvalue weighted by Crippen LogP contribution is -2.44. The molecule has 104 valence electrons. The second-order valence-corrected chi connectivity index (χ2v) is 4.90. The summed E-state index contributed by atoms with van der Waals surface area (Å²) in [7, 11) is 1.32. The molecule has 6 nitrogen and oxygen atoms in total. The Balaban J connectivity index is 2.24. The van der Waals surface area contributed by atoms with E-state index in [1.54, 1.807) is 0 Å². The summed E-state index contributed by atoms with van der Waals surface area (Å²) in [5, 5.41) is 12.9. The summed E-state index contributed by atoms with van der Waals surface area (Å²) in [6, 6.07) is 0. The maximum atomic E-state index is 11.7. The third-order valence-corrected chi connectivity index (χ3v) is 3.61. The number of nitrogens with zero attached hydrogens (tertiary/aromatic N) is 2. The van der Waals surface area contributed by atoms with Crippen molar-refractivity contribution in [2.75, 3.05) is 19.0 Å². The van der Waals surface area contributed by atoms with E-state index in [1.807, 2.05) is 0 Å². The Morgan fingerprint density at radius 1 is 1.47 bits per heavy atom. The van der Waals surface area contributed by atoms with Gasteiger partial charge in [0.2, 0.25) is 0 Å². The van der Waals surface area contributed by atoms with Crippen LogP contribution >= 0.6 is 0 Å². The number of carbonyl (C=O) groups is 1. The molecule has 1 saturated carbocycles. The highest BCUT2D eigenvalue weighted by molar-refractivity contribution is 5.94. The van der Waals surface area contributed by atoms with Crippen LogP contribution < -0.4 is 5.32 Å². The zero-order chi connectivity index (χ0) is 13.7. The van der Waals surface area contributed by atoms with Crippen molar-refractivity contribution >= 4 is 11.8 Å². The van der Waals surface area contributed by atoms with Crippen molar-refractivity contribution in [2.24, 2.45) is 0 Å². The van der Waals surface area contributed by atoms with Crippen LogP contribution in [0.25, 0.3) is 0 Å². The number of aliphatic hydroxyl groups excluding tert-OH is 1. The number of hydrogen-bond acceptors (Lipinski definition) is 6. The van der Waals surface area contributed by atoms with Gasteiger partial charge in [0, 0.05) is 6.20 Å². The molecule has 1 aliphatic carbocycles. The van der Waals surface area contributed by atoms with Crippen LogP contribution in [0, 0.1) is 0 Å². The third-order valence-electron chi connectivity index (χ3n) is 3.61. The van der Waals surface area contributed by atoms with Gasteiger partial charge in [-0.2, -0.15) is 0 Å². The number of aromatic nitrogens is 2. The van der Waals surface area contributed by atoms with Crippen LogP contribution in [-0.2, 0) is 4.74 Å². The summed E-state index contributed by atoms with van der Waals surface area (Å²) in [5.74, 6) is -0.0511. The summed E-state index contributed by atoms with van der Waals surface area (Å²) in [6.07, 6.45) is 7.84. The molecule has 0 atom stereocenters. The predicted octanol–water partition coefficient (Wildman–Crippen LogP) is 1.37. The van der Waals surface area contributed by atoms with Gasteiger partial charge in [0.15, 0.2) is 0 Å². The molecular formula is C13H19N3O3. The van der Waals surface area contributed by atoms with E-state index in [-0.39, 0.29) is 6.61 Å². The van der Waals surface area contributed by atoms with Gasteiger partial charge in [-0.3, -0.25) is 0 Å². The van der Waals surface area contributed by atoms with Gasteiger partial charge in [-0.1, -0.05) is 19.3 Å². The van der Waals surface area contributed by atoms with E-state index in [1.165, 1.54) is 26.1 Å². The van der Waals surface area contributed by atoms with Crippen molar-refractivity contribution in [1.82, 2.24) is 9.97 Å². The normalized spacial score (nSPS) is 17.8. The average molecular weight is 265 g/mol. The average Bonchev–Trinajstić information content (AvgIpc) is 2.48. The summed E-state index contributed by atoms with van der Waals surface area (Å²) in [5.41, 5.74) is -0.0987. The van der Waals surface area contributed by atoms with Gasteiger partial charge in [-0.25, -0.2) is 14.8 Å². The molecule has 0 aromatic carbocycles. The molecule has 2 rings (SSSR count). The molecule has 6 heteroatoms. The van der Waals surface area contributed by atoms with Crippen LogP contribution in [0.3, 0.4) is 0 Å². The molecule has 2 N–H and O–H groups in total. The summed E-state index contributed by atoms with van der Waals surface area (Å²) in [4.78, 5) is 19.6. The lowest BCUT2D eigenvalue weighted by atomic mass is 9.82. The van der Waals surface area contributed by atoms with Gasteiger partial charge in [-0.05, 0) is 12.8 Å². The smallest absolute Gasteiger partial charge is 0.343 e. The van der Waals surface area contributed by atoms with Gasteiger partial charge in [0.25, 0.3) is 0 Å². The van der Waals surface area contributed by atoms with Crippen LogP contribution in [0.4, 0.5) is 5.82 Å². The van der Waals surface area contributed by atoms with E-state index in [0.29, 0.717) is 11.4 Å². The molecule has 1 heterocycles. The molecule has 0 radical (unpaired) electrons. The fourth-order valence-corrected chi connectivity index (χ4v) is 2.49. The fraction of sp³-hybridized carbons (Fsp3) is 0.615. The van der Waals surface area contributed by atoms with Crippen molar-refractivity contribution in [2.45, 2.75) is 37.6 Å². The Morgan fingerprint density at radius 2 is 2.21 bits per heavy atom. The van der Waals surface area contributed by atoms with Crippen molar-refractivity contribution in [3.8, 4) is 0 Å². The molecule has 19 heavy (non-hydrogen) atoms. The number of rotatable bonds is 4. The minimum Gasteiger partial charge on any atom is -0.465 e. The first kappa shape index (κ1) is 13.7. The Bertz CT molecular complexity index is 445. The fourth-order valence-electron chi connectivity index (χ4n) is 2.49. The maximum absolute atomic E-state index is 11.7. The number of hydrogen-bond donors (Lipinski definition) is 2. The van der Waals surface area contributed by atoms with Crippen LogP contribution in [-0.4, -0.2) is 40.3 Å². The number of carbonyl (C=O) groups excluding carboxylic acids is 1. The highest BCUT2D eigenvalue weighted by Gasteiger charge is 2.32. The summed E-state index contributed by atoms with van der Waals surface area (Å²) < 4.78 is 4.71. The molecule has 1 aromatic heterocycles. The molecule has 1 aliphatic rings. The van der Waals surface area contributed by atoms with Crippen LogP contribution in [0.1, 0.15) is 42.5 Å². The first-order valence-electron chi connectivity index (χ1n) is 6.48. The van der Waals surface area contributed by atoms with E-state index < -0.39 is 11.5 Å². The second kappa shape index (κ2) is 5.97. The minimum absolute atomic E-state index is 0.0254. The van der Waals surface area contributed by atoms with Crippen molar-refractivity contribution in [3.63, 3.8) is 0 Å². The number of ether oxygens (including phenoxy) is 1. The number of esters is 1. The highest BCUT2D eigenvalue weighted by Crippen LogP contribution is 2.31. The predicted molar refractivity (Wildman–Crippen MR) is 69.9 cm³/mol. The summed E-state index contributed by atoms with van der Waals surface area (Å²) in [6.45, 7) is 0.0254. The lowest BCUT2D eigenvalue weighted by Gasteiger charge is -2.37. The first-order chi connectivity index (χ1) is 9.21. The van der Waals surface area contributed by atoms with E-state index >= 15 is 0 Å². The number of anilines is 1. The van der Waals surface area contributed by atoms with Gasteiger partial charge >= 0.3 is 5.97 Å². The molecule has 0 aliphatic heterocycles. The maximum Gasteiger partial charge on any atom is 0.343 e. The topological polar surface area (TPSA) is 84.3 Å². The zero-order valence-corrected chi connectivity index (χ0v) is 11.1. The molecular weight excluding hydrogens is 246 g/mol. The molecule has 0 saturated heterocycles. The first-order valence-corrected chi connectivity index (χ1v) is 6.48. The SMILES string of the molecule is COC(=O)c1cncnc1NC1(CO)CCCCC1. The van der Waals surface area contributed by atoms with E-state index in [0.717, 1.165) is 25.7 Å². The van der Waals surface area contributed by atoms with E-state index in [9.17, 15) is 9.90 Å². The quantitative estimate of drug-likeness (QED) is 0.800. The number of nitrogens with one attached hydrogen (secondary N) is 1.